The van der Waals surface area contributed by atoms with Gasteiger partial charge in [-0.2, -0.15) is 12.7 Å². The van der Waals surface area contributed by atoms with Crippen LogP contribution in [-0.2, 0) is 14.4 Å². The first kappa shape index (κ1) is 14.2. The number of hydrogen-bond donors (Lipinski definition) is 1. The fraction of sp³-hybridized carbons (Fsp3) is 0. The smallest absolute Gasteiger partial charge is 0.258 e. The summed E-state index contributed by atoms with van der Waals surface area (Å²) in [4.78, 5) is 19.6. The Morgan fingerprint density at radius 1 is 1.22 bits per heavy atom. The first-order valence-electron chi connectivity index (χ1n) is 4.01. The lowest BCUT2D eigenvalue weighted by Crippen LogP contribution is -2.13. The molecule has 0 aliphatic carbocycles. The van der Waals surface area contributed by atoms with E-state index in [4.69, 9.17) is 11.8 Å². The van der Waals surface area contributed by atoms with Crippen molar-refractivity contribution in [1.82, 2.24) is 5.00 Å². The number of hydrogen-bond acceptors (Lipinski definition) is 8. The summed E-state index contributed by atoms with van der Waals surface area (Å²) in [5, 5.41) is 21.1. The van der Waals surface area contributed by atoms with Gasteiger partial charge in [-0.25, -0.2) is 0 Å². The maximum absolute atomic E-state index is 11.4. The van der Waals surface area contributed by atoms with Crippen LogP contribution in [0.5, 0.6) is 0 Å². The van der Waals surface area contributed by atoms with Crippen molar-refractivity contribution in [2.75, 3.05) is 0 Å². The van der Waals surface area contributed by atoms with E-state index in [2.05, 4.69) is 4.28 Å². The number of nitrogens with one attached hydrogen (secondary N) is 1. The number of benzene rings is 1. The minimum absolute atomic E-state index is 0.504. The number of nitrogens with zero attached hydrogens (tertiary/aromatic N) is 2. The van der Waals surface area contributed by atoms with E-state index in [9.17, 15) is 28.6 Å². The van der Waals surface area contributed by atoms with Crippen LogP contribution in [0.4, 0.5) is 11.4 Å². The number of halogens is 1. The molecule has 0 heterocycles. The van der Waals surface area contributed by atoms with Gasteiger partial charge in [-0.3, -0.25) is 20.2 Å². The summed E-state index contributed by atoms with van der Waals surface area (Å²) >= 11 is 4.82. The lowest BCUT2D eigenvalue weighted by atomic mass is 10.3. The van der Waals surface area contributed by atoms with Gasteiger partial charge in [-0.1, -0.05) is 5.00 Å². The summed E-state index contributed by atoms with van der Waals surface area (Å²) in [6.07, 6.45) is 0. The van der Waals surface area contributed by atoms with Crippen molar-refractivity contribution in [1.29, 1.82) is 0 Å². The molecule has 0 saturated heterocycles. The predicted octanol–water partition coefficient (Wildman–Crippen LogP) is 0.867. The summed E-state index contributed by atoms with van der Waals surface area (Å²) in [5.41, 5.74) is -1.62. The van der Waals surface area contributed by atoms with Crippen molar-refractivity contribution in [2.24, 2.45) is 0 Å². The van der Waals surface area contributed by atoms with Gasteiger partial charge in [0.1, 0.15) is 0 Å². The maximum Gasteiger partial charge on any atom is 0.320 e. The van der Waals surface area contributed by atoms with E-state index in [-0.39, 0.29) is 0 Å². The monoisotopic (exact) mass is 297 g/mol. The second-order valence-corrected chi connectivity index (χ2v) is 4.45. The second-order valence-electron chi connectivity index (χ2n) is 2.78. The van der Waals surface area contributed by atoms with Gasteiger partial charge in [0.25, 0.3) is 11.4 Å². The molecule has 0 atom stereocenters. The summed E-state index contributed by atoms with van der Waals surface area (Å²) < 4.78 is 26.7. The molecule has 0 unspecified atom stereocenters. The number of non-ortho nitro benzene ring substituents is 1. The van der Waals surface area contributed by atoms with Gasteiger partial charge >= 0.3 is 10.1 Å². The molecule has 18 heavy (non-hydrogen) atoms. The van der Waals surface area contributed by atoms with Crippen molar-refractivity contribution in [3.8, 4) is 0 Å². The van der Waals surface area contributed by atoms with Gasteiger partial charge in [-0.05, 0) is 6.07 Å². The molecule has 1 rings (SSSR count). The Kier molecular flexibility index (Phi) is 4.13. The number of nitro benzene ring substituents is 2. The molecule has 1 aromatic rings. The summed E-state index contributed by atoms with van der Waals surface area (Å²) in [6, 6.07) is 1.97. The van der Waals surface area contributed by atoms with E-state index in [1.165, 1.54) is 5.00 Å². The van der Waals surface area contributed by atoms with Crippen LogP contribution in [0, 0.1) is 20.2 Å². The van der Waals surface area contributed by atoms with E-state index in [0.717, 1.165) is 6.07 Å². The van der Waals surface area contributed by atoms with E-state index in [1.807, 2.05) is 0 Å². The largest absolute Gasteiger partial charge is 0.320 e. The molecule has 0 aliphatic heterocycles. The Morgan fingerprint density at radius 2 is 1.83 bits per heavy atom. The highest BCUT2D eigenvalue weighted by Crippen LogP contribution is 2.29. The highest BCUT2D eigenvalue weighted by molar-refractivity contribution is 7.86. The third-order valence-corrected chi connectivity index (χ3v) is 3.12. The Morgan fingerprint density at radius 3 is 2.28 bits per heavy atom. The van der Waals surface area contributed by atoms with Crippen LogP contribution in [0.25, 0.3) is 0 Å². The highest BCUT2D eigenvalue weighted by Gasteiger charge is 2.29. The number of nitro groups is 2. The Hall–Kier alpha value is -1.82. The second kappa shape index (κ2) is 5.22. The van der Waals surface area contributed by atoms with E-state index < -0.39 is 36.2 Å². The fourth-order valence-corrected chi connectivity index (χ4v) is 2.11. The van der Waals surface area contributed by atoms with Crippen LogP contribution < -0.4 is 5.00 Å². The van der Waals surface area contributed by atoms with Gasteiger partial charge in [0.2, 0.25) is 0 Å². The molecule has 0 bridgehead atoms. The predicted molar refractivity (Wildman–Crippen MR) is 57.0 cm³/mol. The minimum Gasteiger partial charge on any atom is -0.258 e. The molecule has 0 spiro atoms. The van der Waals surface area contributed by atoms with Crippen molar-refractivity contribution in [2.45, 2.75) is 4.90 Å². The zero-order chi connectivity index (χ0) is 13.9. The molecular weight excluding hydrogens is 294 g/mol. The van der Waals surface area contributed by atoms with Gasteiger partial charge in [0, 0.05) is 17.8 Å². The zero-order valence-electron chi connectivity index (χ0n) is 8.27. The lowest BCUT2D eigenvalue weighted by Gasteiger charge is -2.03. The van der Waals surface area contributed by atoms with Crippen LogP contribution >= 0.6 is 11.8 Å². The first-order chi connectivity index (χ1) is 8.29. The Balaban J connectivity index is 3.46. The van der Waals surface area contributed by atoms with Crippen LogP contribution in [0.1, 0.15) is 0 Å². The molecule has 0 radical (unpaired) electrons. The van der Waals surface area contributed by atoms with E-state index >= 15 is 0 Å². The molecule has 98 valence electrons. The summed E-state index contributed by atoms with van der Waals surface area (Å²) in [5.74, 6) is 0. The van der Waals surface area contributed by atoms with Crippen LogP contribution in [-0.4, -0.2) is 18.3 Å². The van der Waals surface area contributed by atoms with Crippen molar-refractivity contribution < 1.29 is 22.5 Å². The molecule has 12 heteroatoms. The molecule has 0 aliphatic rings. The quantitative estimate of drug-likeness (QED) is 0.479. The summed E-state index contributed by atoms with van der Waals surface area (Å²) in [7, 11) is -4.54. The van der Waals surface area contributed by atoms with Crippen molar-refractivity contribution in [3.05, 3.63) is 38.4 Å². The molecule has 0 amide bonds. The van der Waals surface area contributed by atoms with Gasteiger partial charge < -0.3 is 0 Å². The third-order valence-electron chi connectivity index (χ3n) is 1.76. The average molecular weight is 298 g/mol. The van der Waals surface area contributed by atoms with Gasteiger partial charge in [-0.15, -0.1) is 0 Å². The standard InChI is InChI=1S/C6H4ClN3O7S/c7-8-17-18(15,16)6-2-1-4(9(11)12)3-5(6)10(13)14/h1-3,8H. The average Bonchev–Trinajstić information content (AvgIpc) is 2.27. The normalized spacial score (nSPS) is 11.2. The van der Waals surface area contributed by atoms with Crippen LogP contribution in [0.2, 0.25) is 0 Å². The highest BCUT2D eigenvalue weighted by atomic mass is 35.5. The molecule has 0 fully saturated rings. The maximum atomic E-state index is 11.4. The fourth-order valence-electron chi connectivity index (χ4n) is 1.06. The Labute approximate surface area is 105 Å². The molecule has 0 aromatic heterocycles. The SMILES string of the molecule is O=[N+]([O-])c1ccc(S(=O)(=O)ONCl)c([N+](=O)[O-])c1. The van der Waals surface area contributed by atoms with Crippen molar-refractivity contribution in [3.63, 3.8) is 0 Å². The minimum atomic E-state index is -4.54. The zero-order valence-corrected chi connectivity index (χ0v) is 9.84. The van der Waals surface area contributed by atoms with E-state index in [0.29, 0.717) is 12.1 Å². The number of rotatable bonds is 5. The van der Waals surface area contributed by atoms with Crippen LogP contribution in [0.3, 0.4) is 0 Å². The molecular formula is C6H4ClN3O7S. The molecule has 1 aromatic carbocycles. The first-order valence-corrected chi connectivity index (χ1v) is 5.80. The topological polar surface area (TPSA) is 142 Å². The Bertz CT molecular complexity index is 601. The van der Waals surface area contributed by atoms with Gasteiger partial charge in [0.15, 0.2) is 4.90 Å². The van der Waals surface area contributed by atoms with E-state index in [1.54, 1.807) is 0 Å². The van der Waals surface area contributed by atoms with Crippen LogP contribution in [0.15, 0.2) is 23.1 Å². The molecule has 0 saturated carbocycles. The molecule has 10 nitrogen and oxygen atoms in total. The lowest BCUT2D eigenvalue weighted by molar-refractivity contribution is -0.396. The summed E-state index contributed by atoms with van der Waals surface area (Å²) in [6.45, 7) is 0. The molecule has 1 N–H and O–H groups in total. The van der Waals surface area contributed by atoms with Crippen molar-refractivity contribution >= 4 is 33.3 Å². The third kappa shape index (κ3) is 2.89. The van der Waals surface area contributed by atoms with Gasteiger partial charge in [0.05, 0.1) is 15.9 Å².